The molecule has 0 bridgehead atoms. The largest absolute Gasteiger partial charge is 0.494 e. The second kappa shape index (κ2) is 17.3. The van der Waals surface area contributed by atoms with Gasteiger partial charge in [0, 0.05) is 31.6 Å². The molecule has 1 fully saturated rings. The van der Waals surface area contributed by atoms with Crippen LogP contribution in [0.4, 0.5) is 10.5 Å². The van der Waals surface area contributed by atoms with Crippen molar-refractivity contribution >= 4 is 29.6 Å². The number of hydrogen-bond acceptors (Lipinski definition) is 8. The number of ether oxygens (including phenoxy) is 3. The summed E-state index contributed by atoms with van der Waals surface area (Å²) in [5.74, 6) is 0.534. The van der Waals surface area contributed by atoms with E-state index in [1.807, 2.05) is 97.7 Å². The zero-order valence-electron chi connectivity index (χ0n) is 27.9. The highest BCUT2D eigenvalue weighted by Gasteiger charge is 2.26. The number of carbonyl (C=O) groups is 3. The minimum atomic E-state index is -0.684. The van der Waals surface area contributed by atoms with Crippen LogP contribution in [-0.4, -0.2) is 60.0 Å². The van der Waals surface area contributed by atoms with Crippen molar-refractivity contribution in [3.05, 3.63) is 95.6 Å². The molecule has 2 amide bonds. The highest BCUT2D eigenvalue weighted by atomic mass is 16.6. The number of guanidine groups is 1. The molecule has 48 heavy (non-hydrogen) atoms. The van der Waals surface area contributed by atoms with Crippen molar-refractivity contribution in [3.8, 4) is 5.75 Å². The third-order valence-electron chi connectivity index (χ3n) is 8.83. The molecule has 10 heteroatoms. The van der Waals surface area contributed by atoms with Gasteiger partial charge in [-0.15, -0.1) is 0 Å². The standard InChI is InChI=1S/C38H46N4O6/c1-28(30-16-9-6-10-17-30)48-36(44)26-42-25-31-24-33(46-23-13-20-35(43)41(2)32-18-11-3-4-12-19-32)21-22-34(31)39-37(42)40-38(45)47-27-29-14-7-5-8-15-29/h5-10,14-17,21-22,24,28,32H,3-4,11-13,18-20,23,25-27H2,1-2H3,(H,39,40,45). The molecule has 0 saturated heterocycles. The van der Waals surface area contributed by atoms with Gasteiger partial charge >= 0.3 is 12.1 Å². The molecule has 1 saturated carbocycles. The quantitative estimate of drug-likeness (QED) is 0.127. The number of esters is 1. The van der Waals surface area contributed by atoms with Crippen LogP contribution in [0, 0.1) is 0 Å². The second-order valence-corrected chi connectivity index (χ2v) is 12.4. The molecule has 5 rings (SSSR count). The summed E-state index contributed by atoms with van der Waals surface area (Å²) < 4.78 is 17.2. The molecule has 254 valence electrons. The molecule has 1 N–H and O–H groups in total. The first-order chi connectivity index (χ1) is 23.4. The van der Waals surface area contributed by atoms with Crippen LogP contribution in [0.5, 0.6) is 5.75 Å². The fourth-order valence-corrected chi connectivity index (χ4v) is 6.06. The van der Waals surface area contributed by atoms with E-state index in [9.17, 15) is 14.4 Å². The SMILES string of the molecule is CC(OC(=O)CN1Cc2cc(OCCCC(=O)N(C)C3CCCCCC3)ccc2N=C1NC(=O)OCc1ccccc1)c1ccccc1. The molecular formula is C38H46N4O6. The van der Waals surface area contributed by atoms with Crippen LogP contribution in [0.3, 0.4) is 0 Å². The Labute approximate surface area is 283 Å². The predicted octanol–water partition coefficient (Wildman–Crippen LogP) is 7.06. The summed E-state index contributed by atoms with van der Waals surface area (Å²) in [7, 11) is 1.93. The third-order valence-corrected chi connectivity index (χ3v) is 8.83. The van der Waals surface area contributed by atoms with Gasteiger partial charge < -0.3 is 24.0 Å². The summed E-state index contributed by atoms with van der Waals surface area (Å²) >= 11 is 0. The molecule has 0 aromatic heterocycles. The second-order valence-electron chi connectivity index (χ2n) is 12.4. The molecule has 0 radical (unpaired) electrons. The first kappa shape index (κ1) is 34.5. The Morgan fingerprint density at radius 2 is 1.67 bits per heavy atom. The molecule has 3 aromatic rings. The maximum absolute atomic E-state index is 13.1. The minimum Gasteiger partial charge on any atom is -0.494 e. The molecule has 10 nitrogen and oxygen atoms in total. The normalized spacial score (nSPS) is 15.3. The van der Waals surface area contributed by atoms with Crippen LogP contribution in [0.25, 0.3) is 0 Å². The van der Waals surface area contributed by atoms with Gasteiger partial charge in [-0.2, -0.15) is 0 Å². The fraction of sp³-hybridized carbons (Fsp3) is 0.421. The van der Waals surface area contributed by atoms with Crippen molar-refractivity contribution < 1.29 is 28.6 Å². The van der Waals surface area contributed by atoms with E-state index in [0.717, 1.165) is 29.5 Å². The molecule has 1 aliphatic carbocycles. The van der Waals surface area contributed by atoms with E-state index in [2.05, 4.69) is 10.3 Å². The Bertz CT molecular complexity index is 1540. The van der Waals surface area contributed by atoms with E-state index in [-0.39, 0.29) is 31.6 Å². The van der Waals surface area contributed by atoms with E-state index in [4.69, 9.17) is 14.2 Å². The molecule has 2 aliphatic rings. The van der Waals surface area contributed by atoms with Gasteiger partial charge in [-0.3, -0.25) is 14.9 Å². The number of fused-ring (bicyclic) bond motifs is 1. The van der Waals surface area contributed by atoms with Gasteiger partial charge in [0.25, 0.3) is 0 Å². The number of hydrogen-bond donors (Lipinski definition) is 1. The van der Waals surface area contributed by atoms with Gasteiger partial charge in [0.1, 0.15) is 25.0 Å². The number of nitrogens with one attached hydrogen (secondary N) is 1. The van der Waals surface area contributed by atoms with Gasteiger partial charge in [-0.1, -0.05) is 86.3 Å². The lowest BCUT2D eigenvalue weighted by Crippen LogP contribution is -2.47. The van der Waals surface area contributed by atoms with Gasteiger partial charge in [-0.05, 0) is 55.5 Å². The predicted molar refractivity (Wildman–Crippen MR) is 184 cm³/mol. The first-order valence-corrected chi connectivity index (χ1v) is 16.9. The fourth-order valence-electron chi connectivity index (χ4n) is 6.06. The number of alkyl carbamates (subject to hydrolysis) is 1. The number of carbonyl (C=O) groups excluding carboxylic acids is 3. The van der Waals surface area contributed by atoms with Crippen LogP contribution in [0.15, 0.2) is 83.9 Å². The van der Waals surface area contributed by atoms with Crippen molar-refractivity contribution in [3.63, 3.8) is 0 Å². The van der Waals surface area contributed by atoms with Gasteiger partial charge in [-0.25, -0.2) is 9.79 Å². The van der Waals surface area contributed by atoms with E-state index in [1.54, 1.807) is 4.90 Å². The van der Waals surface area contributed by atoms with Gasteiger partial charge in [0.15, 0.2) is 0 Å². The summed E-state index contributed by atoms with van der Waals surface area (Å²) in [5, 5.41) is 2.71. The number of benzene rings is 3. The van der Waals surface area contributed by atoms with Crippen LogP contribution < -0.4 is 10.1 Å². The Hall–Kier alpha value is -4.86. The van der Waals surface area contributed by atoms with Crippen LogP contribution in [0.1, 0.15) is 81.1 Å². The summed E-state index contributed by atoms with van der Waals surface area (Å²) in [6.07, 6.45) is 6.99. The lowest BCUT2D eigenvalue weighted by molar-refractivity contribution is -0.149. The summed E-state index contributed by atoms with van der Waals surface area (Å²) in [5.41, 5.74) is 3.19. The Morgan fingerprint density at radius 1 is 0.958 bits per heavy atom. The Kier molecular flexibility index (Phi) is 12.5. The first-order valence-electron chi connectivity index (χ1n) is 16.9. The van der Waals surface area contributed by atoms with Crippen molar-refractivity contribution in [2.45, 2.75) is 83.6 Å². The van der Waals surface area contributed by atoms with Crippen molar-refractivity contribution in [1.82, 2.24) is 15.1 Å². The third kappa shape index (κ3) is 10.1. The van der Waals surface area contributed by atoms with E-state index in [1.165, 1.54) is 25.7 Å². The highest BCUT2D eigenvalue weighted by molar-refractivity contribution is 5.97. The molecular weight excluding hydrogens is 608 g/mol. The smallest absolute Gasteiger partial charge is 0.414 e. The number of aliphatic imine (C=N–C) groups is 1. The summed E-state index contributed by atoms with van der Waals surface area (Å²) in [6.45, 7) is 2.45. The van der Waals surface area contributed by atoms with Crippen molar-refractivity contribution in [1.29, 1.82) is 0 Å². The monoisotopic (exact) mass is 654 g/mol. The van der Waals surface area contributed by atoms with Crippen LogP contribution in [0.2, 0.25) is 0 Å². The summed E-state index contributed by atoms with van der Waals surface area (Å²) in [4.78, 5) is 46.9. The molecule has 0 spiro atoms. The van der Waals surface area contributed by atoms with E-state index >= 15 is 0 Å². The van der Waals surface area contributed by atoms with Crippen molar-refractivity contribution in [2.75, 3.05) is 20.2 Å². The average Bonchev–Trinajstić information content (AvgIpc) is 3.40. The summed E-state index contributed by atoms with van der Waals surface area (Å²) in [6, 6.07) is 24.7. The van der Waals surface area contributed by atoms with Crippen molar-refractivity contribution in [2.24, 2.45) is 4.99 Å². The van der Waals surface area contributed by atoms with E-state index < -0.39 is 18.2 Å². The molecule has 3 aromatic carbocycles. The molecule has 1 aliphatic heterocycles. The zero-order valence-corrected chi connectivity index (χ0v) is 27.9. The Morgan fingerprint density at radius 3 is 2.40 bits per heavy atom. The van der Waals surface area contributed by atoms with Gasteiger partial charge in [0.2, 0.25) is 11.9 Å². The van der Waals surface area contributed by atoms with Crippen LogP contribution in [-0.2, 0) is 32.2 Å². The highest BCUT2D eigenvalue weighted by Crippen LogP contribution is 2.30. The maximum atomic E-state index is 13.1. The molecule has 1 atom stereocenters. The minimum absolute atomic E-state index is 0.0936. The van der Waals surface area contributed by atoms with Gasteiger partial charge in [0.05, 0.1) is 12.3 Å². The number of nitrogens with zero attached hydrogens (tertiary/aromatic N) is 3. The number of rotatable bonds is 12. The lowest BCUT2D eigenvalue weighted by Gasteiger charge is -2.30. The van der Waals surface area contributed by atoms with E-state index in [0.29, 0.717) is 36.9 Å². The zero-order chi connectivity index (χ0) is 33.7. The molecule has 1 heterocycles. The molecule has 1 unspecified atom stereocenters. The Balaban J connectivity index is 1.20. The number of amides is 2. The van der Waals surface area contributed by atoms with Crippen LogP contribution >= 0.6 is 0 Å². The topological polar surface area (TPSA) is 110 Å². The maximum Gasteiger partial charge on any atom is 0.414 e. The average molecular weight is 655 g/mol. The lowest BCUT2D eigenvalue weighted by atomic mass is 10.1.